The number of benzene rings is 2. The third kappa shape index (κ3) is 7.40. The van der Waals surface area contributed by atoms with Gasteiger partial charge in [-0.2, -0.15) is 0 Å². The quantitative estimate of drug-likeness (QED) is 0.462. The van der Waals surface area contributed by atoms with Crippen LogP contribution in [-0.2, 0) is 26.2 Å². The lowest BCUT2D eigenvalue weighted by molar-refractivity contribution is -0.139. The molecule has 1 atom stereocenters. The molecule has 0 saturated heterocycles. The average Bonchev–Trinajstić information content (AvgIpc) is 2.90. The standard InChI is InChI=1S/C28H39N3O6S/c1-20-11-9-10-12-22(20)18-30(21(2)28(33)29-23-13-7-6-8-14-23)27(32)19-31(38(5,34)35)25-16-15-24(36-3)17-26(25)37-4/h9-12,15-17,21,23H,6-8,13-14,18-19H2,1-5H3,(H,29,33)/t21-/m0/s1. The van der Waals surface area contributed by atoms with Gasteiger partial charge < -0.3 is 19.7 Å². The van der Waals surface area contributed by atoms with E-state index < -0.39 is 28.5 Å². The number of carbonyl (C=O) groups is 2. The third-order valence-corrected chi connectivity index (χ3v) is 8.18. The van der Waals surface area contributed by atoms with Crippen LogP contribution in [0.1, 0.15) is 50.2 Å². The number of anilines is 1. The Morgan fingerprint density at radius 2 is 1.74 bits per heavy atom. The number of carbonyl (C=O) groups excluding carboxylic acids is 2. The summed E-state index contributed by atoms with van der Waals surface area (Å²) < 4.78 is 37.4. The summed E-state index contributed by atoms with van der Waals surface area (Å²) in [6, 6.07) is 11.6. The molecule has 0 spiro atoms. The molecule has 3 rings (SSSR count). The number of ether oxygens (including phenoxy) is 2. The van der Waals surface area contributed by atoms with Crippen LogP contribution in [0.15, 0.2) is 42.5 Å². The SMILES string of the molecule is COc1ccc(N(CC(=O)N(Cc2ccccc2C)[C@@H](C)C(=O)NC2CCCCC2)S(C)(=O)=O)c(OC)c1. The van der Waals surface area contributed by atoms with Crippen molar-refractivity contribution in [2.24, 2.45) is 0 Å². The second-order valence-electron chi connectivity index (χ2n) is 9.78. The molecular weight excluding hydrogens is 506 g/mol. The first-order valence-corrected chi connectivity index (χ1v) is 14.7. The van der Waals surface area contributed by atoms with Gasteiger partial charge in [-0.3, -0.25) is 13.9 Å². The lowest BCUT2D eigenvalue weighted by Gasteiger charge is -2.33. The molecule has 1 aliphatic carbocycles. The fourth-order valence-corrected chi connectivity index (χ4v) is 5.56. The summed E-state index contributed by atoms with van der Waals surface area (Å²) in [7, 11) is -0.969. The van der Waals surface area contributed by atoms with Gasteiger partial charge in [0.05, 0.1) is 26.2 Å². The number of amides is 2. The van der Waals surface area contributed by atoms with Gasteiger partial charge in [0.2, 0.25) is 21.8 Å². The highest BCUT2D eigenvalue weighted by Crippen LogP contribution is 2.33. The lowest BCUT2D eigenvalue weighted by atomic mass is 9.95. The van der Waals surface area contributed by atoms with Crippen LogP contribution < -0.4 is 19.1 Å². The number of aryl methyl sites for hydroxylation is 1. The zero-order valence-electron chi connectivity index (χ0n) is 22.9. The molecule has 38 heavy (non-hydrogen) atoms. The number of nitrogens with one attached hydrogen (secondary N) is 1. The lowest BCUT2D eigenvalue weighted by Crippen LogP contribution is -2.53. The minimum atomic E-state index is -3.88. The molecule has 10 heteroatoms. The Labute approximate surface area is 226 Å². The maximum absolute atomic E-state index is 13.8. The Morgan fingerprint density at radius 3 is 2.34 bits per heavy atom. The molecule has 2 aromatic carbocycles. The van der Waals surface area contributed by atoms with Gasteiger partial charge >= 0.3 is 0 Å². The van der Waals surface area contributed by atoms with Crippen molar-refractivity contribution in [1.29, 1.82) is 0 Å². The number of hydrogen-bond acceptors (Lipinski definition) is 6. The first kappa shape index (κ1) is 29.3. The van der Waals surface area contributed by atoms with Crippen molar-refractivity contribution in [3.63, 3.8) is 0 Å². The topological polar surface area (TPSA) is 105 Å². The summed E-state index contributed by atoms with van der Waals surface area (Å²) in [5.41, 5.74) is 2.06. The molecule has 1 N–H and O–H groups in total. The Hall–Kier alpha value is -3.27. The first-order valence-electron chi connectivity index (χ1n) is 12.9. The van der Waals surface area contributed by atoms with Crippen molar-refractivity contribution < 1.29 is 27.5 Å². The zero-order chi connectivity index (χ0) is 27.9. The summed E-state index contributed by atoms with van der Waals surface area (Å²) >= 11 is 0. The van der Waals surface area contributed by atoms with Crippen molar-refractivity contribution in [2.45, 2.75) is 64.6 Å². The minimum Gasteiger partial charge on any atom is -0.497 e. The third-order valence-electron chi connectivity index (χ3n) is 7.06. The molecular formula is C28H39N3O6S. The first-order chi connectivity index (χ1) is 18.0. The number of methoxy groups -OCH3 is 2. The molecule has 1 saturated carbocycles. The zero-order valence-corrected chi connectivity index (χ0v) is 23.7. The van der Waals surface area contributed by atoms with E-state index in [4.69, 9.17) is 9.47 Å². The second-order valence-corrected chi connectivity index (χ2v) is 11.7. The Morgan fingerprint density at radius 1 is 1.05 bits per heavy atom. The molecule has 0 aromatic heterocycles. The van der Waals surface area contributed by atoms with Crippen molar-refractivity contribution in [3.05, 3.63) is 53.6 Å². The molecule has 0 aliphatic heterocycles. The highest BCUT2D eigenvalue weighted by molar-refractivity contribution is 7.92. The summed E-state index contributed by atoms with van der Waals surface area (Å²) in [6.07, 6.45) is 6.17. The maximum Gasteiger partial charge on any atom is 0.244 e. The highest BCUT2D eigenvalue weighted by Gasteiger charge is 2.32. The van der Waals surface area contributed by atoms with Crippen molar-refractivity contribution in [2.75, 3.05) is 31.3 Å². The van der Waals surface area contributed by atoms with Crippen LogP contribution in [0.25, 0.3) is 0 Å². The average molecular weight is 546 g/mol. The van der Waals surface area contributed by atoms with E-state index >= 15 is 0 Å². The Bertz CT molecular complexity index is 1230. The predicted molar refractivity (Wildman–Crippen MR) is 148 cm³/mol. The second kappa shape index (κ2) is 13.0. The minimum absolute atomic E-state index is 0.0881. The number of rotatable bonds is 11. The summed E-state index contributed by atoms with van der Waals surface area (Å²) in [5, 5.41) is 3.10. The monoisotopic (exact) mass is 545 g/mol. The van der Waals surface area contributed by atoms with Crippen LogP contribution in [0.3, 0.4) is 0 Å². The van der Waals surface area contributed by atoms with Gasteiger partial charge in [0, 0.05) is 18.7 Å². The summed E-state index contributed by atoms with van der Waals surface area (Å²) in [6.45, 7) is 3.30. The fraction of sp³-hybridized carbons (Fsp3) is 0.500. The Kier molecular flexibility index (Phi) is 10.0. The van der Waals surface area contributed by atoms with Gasteiger partial charge in [0.1, 0.15) is 24.1 Å². The maximum atomic E-state index is 13.8. The normalized spacial score (nSPS) is 14.9. The number of nitrogens with zero attached hydrogens (tertiary/aromatic N) is 2. The smallest absolute Gasteiger partial charge is 0.244 e. The molecule has 2 aromatic rings. The fourth-order valence-electron chi connectivity index (χ4n) is 4.71. The van der Waals surface area contributed by atoms with E-state index in [1.807, 2.05) is 31.2 Å². The van der Waals surface area contributed by atoms with E-state index in [9.17, 15) is 18.0 Å². The van der Waals surface area contributed by atoms with Crippen LogP contribution in [-0.4, -0.2) is 64.2 Å². The predicted octanol–water partition coefficient (Wildman–Crippen LogP) is 3.64. The van der Waals surface area contributed by atoms with Gasteiger partial charge in [-0.15, -0.1) is 0 Å². The van der Waals surface area contributed by atoms with Crippen molar-refractivity contribution >= 4 is 27.5 Å². The van der Waals surface area contributed by atoms with E-state index in [0.29, 0.717) is 5.75 Å². The van der Waals surface area contributed by atoms with Crippen LogP contribution in [0.5, 0.6) is 11.5 Å². The van der Waals surface area contributed by atoms with E-state index in [1.54, 1.807) is 19.1 Å². The highest BCUT2D eigenvalue weighted by atomic mass is 32.2. The summed E-state index contributed by atoms with van der Waals surface area (Å²) in [5.74, 6) is -0.00899. The van der Waals surface area contributed by atoms with Gasteiger partial charge in [0.15, 0.2) is 0 Å². The van der Waals surface area contributed by atoms with Crippen LogP contribution in [0.4, 0.5) is 5.69 Å². The molecule has 0 heterocycles. The number of sulfonamides is 1. The molecule has 1 fully saturated rings. The molecule has 208 valence electrons. The van der Waals surface area contributed by atoms with Gasteiger partial charge in [-0.25, -0.2) is 8.42 Å². The molecule has 0 bridgehead atoms. The van der Waals surface area contributed by atoms with E-state index in [-0.39, 0.29) is 29.9 Å². The Balaban J connectivity index is 1.93. The van der Waals surface area contributed by atoms with Gasteiger partial charge in [-0.1, -0.05) is 43.5 Å². The van der Waals surface area contributed by atoms with E-state index in [0.717, 1.165) is 53.8 Å². The number of hydrogen-bond donors (Lipinski definition) is 1. The summed E-state index contributed by atoms with van der Waals surface area (Å²) in [4.78, 5) is 28.6. The van der Waals surface area contributed by atoms with Gasteiger partial charge in [0.25, 0.3) is 0 Å². The van der Waals surface area contributed by atoms with Crippen LogP contribution in [0, 0.1) is 6.92 Å². The molecule has 0 unspecified atom stereocenters. The van der Waals surface area contributed by atoms with Crippen LogP contribution >= 0.6 is 0 Å². The van der Waals surface area contributed by atoms with E-state index in [1.165, 1.54) is 25.2 Å². The van der Waals surface area contributed by atoms with Crippen molar-refractivity contribution in [3.8, 4) is 11.5 Å². The molecule has 1 aliphatic rings. The molecule has 2 amide bonds. The molecule has 0 radical (unpaired) electrons. The van der Waals surface area contributed by atoms with Crippen molar-refractivity contribution in [1.82, 2.24) is 10.2 Å². The van der Waals surface area contributed by atoms with Gasteiger partial charge in [-0.05, 0) is 49.9 Å². The van der Waals surface area contributed by atoms with Crippen LogP contribution in [0.2, 0.25) is 0 Å². The molecule has 9 nitrogen and oxygen atoms in total. The largest absolute Gasteiger partial charge is 0.497 e. The van der Waals surface area contributed by atoms with E-state index in [2.05, 4.69) is 5.32 Å².